The number of hydrogen-bond donors (Lipinski definition) is 2. The van der Waals surface area contributed by atoms with Gasteiger partial charge in [-0.25, -0.2) is 4.79 Å². The van der Waals surface area contributed by atoms with E-state index in [0.29, 0.717) is 13.1 Å². The molecule has 2 N–H and O–H groups in total. The minimum Gasteiger partial charge on any atom is -0.465 e. The summed E-state index contributed by atoms with van der Waals surface area (Å²) in [7, 11) is 0. The third-order valence-electron chi connectivity index (χ3n) is 2.44. The van der Waals surface area contributed by atoms with Crippen LogP contribution in [0.1, 0.15) is 26.7 Å². The molecular weight excluding hydrogens is 184 g/mol. The number of likely N-dealkylation sites (tertiary alicyclic amines) is 1. The highest BCUT2D eigenvalue weighted by atomic mass is 16.4. The summed E-state index contributed by atoms with van der Waals surface area (Å²) in [5.74, 6) is -0.111. The van der Waals surface area contributed by atoms with Crippen LogP contribution >= 0.6 is 0 Å². The first-order chi connectivity index (χ1) is 6.43. The zero-order chi connectivity index (χ0) is 10.8. The molecule has 5 nitrogen and oxygen atoms in total. The molecule has 1 aliphatic rings. The number of nitrogens with zero attached hydrogens (tertiary/aromatic N) is 1. The molecule has 2 amide bonds. The Bertz CT molecular complexity index is 254. The number of piperidine rings is 1. The van der Waals surface area contributed by atoms with E-state index in [-0.39, 0.29) is 5.91 Å². The first-order valence-electron chi connectivity index (χ1n) is 4.70. The molecule has 0 radical (unpaired) electrons. The second-order valence-electron chi connectivity index (χ2n) is 4.05. The molecular formula is C9H16N2O3. The van der Waals surface area contributed by atoms with Gasteiger partial charge >= 0.3 is 6.09 Å². The van der Waals surface area contributed by atoms with Crippen LogP contribution in [-0.2, 0) is 4.79 Å². The summed E-state index contributed by atoms with van der Waals surface area (Å²) in [5.41, 5.74) is -0.400. The molecule has 1 aliphatic heterocycles. The Morgan fingerprint density at radius 2 is 2.14 bits per heavy atom. The summed E-state index contributed by atoms with van der Waals surface area (Å²) in [6.07, 6.45) is 0.709. The lowest BCUT2D eigenvalue weighted by Gasteiger charge is -2.39. The predicted molar refractivity (Wildman–Crippen MR) is 51.1 cm³/mol. The van der Waals surface area contributed by atoms with Crippen LogP contribution in [-0.4, -0.2) is 40.6 Å². The van der Waals surface area contributed by atoms with E-state index in [9.17, 15) is 9.59 Å². The average Bonchev–Trinajstić information content (AvgIpc) is 2.01. The van der Waals surface area contributed by atoms with Gasteiger partial charge in [-0.3, -0.25) is 4.79 Å². The van der Waals surface area contributed by atoms with Crippen molar-refractivity contribution in [1.29, 1.82) is 0 Å². The van der Waals surface area contributed by atoms with Crippen LogP contribution < -0.4 is 5.32 Å². The Hall–Kier alpha value is -1.26. The molecule has 14 heavy (non-hydrogen) atoms. The van der Waals surface area contributed by atoms with Crippen molar-refractivity contribution in [2.75, 3.05) is 13.1 Å². The number of carboxylic acid groups (broad SMARTS) is 1. The van der Waals surface area contributed by atoms with E-state index in [0.717, 1.165) is 12.8 Å². The Morgan fingerprint density at radius 1 is 1.50 bits per heavy atom. The quantitative estimate of drug-likeness (QED) is 0.653. The van der Waals surface area contributed by atoms with Crippen molar-refractivity contribution in [3.8, 4) is 0 Å². The van der Waals surface area contributed by atoms with Crippen LogP contribution in [0, 0.1) is 0 Å². The summed E-state index contributed by atoms with van der Waals surface area (Å²) in [5, 5.41) is 11.6. The molecule has 80 valence electrons. The third-order valence-corrected chi connectivity index (χ3v) is 2.44. The third kappa shape index (κ3) is 2.61. The lowest BCUT2D eigenvalue weighted by molar-refractivity contribution is -0.121. The molecule has 0 aromatic rings. The number of amides is 2. The number of nitrogens with one attached hydrogen (secondary N) is 1. The summed E-state index contributed by atoms with van der Waals surface area (Å²) in [4.78, 5) is 23.0. The van der Waals surface area contributed by atoms with Gasteiger partial charge in [-0.2, -0.15) is 0 Å². The Balaban J connectivity index is 2.62. The summed E-state index contributed by atoms with van der Waals surface area (Å²) in [6.45, 7) is 4.26. The fraction of sp³-hybridized carbons (Fsp3) is 0.778. The van der Waals surface area contributed by atoms with Gasteiger partial charge in [0.25, 0.3) is 0 Å². The molecule has 0 spiro atoms. The Kier molecular flexibility index (Phi) is 2.98. The SMILES string of the molecule is CC(=O)NC1(C)CCCN(C(=O)O)C1. The van der Waals surface area contributed by atoms with Crippen molar-refractivity contribution >= 4 is 12.0 Å². The fourth-order valence-corrected chi connectivity index (χ4v) is 1.93. The molecule has 1 rings (SSSR count). The molecule has 1 fully saturated rings. The van der Waals surface area contributed by atoms with Crippen LogP contribution in [0.5, 0.6) is 0 Å². The van der Waals surface area contributed by atoms with Crippen LogP contribution in [0.4, 0.5) is 4.79 Å². The Morgan fingerprint density at radius 3 is 2.64 bits per heavy atom. The van der Waals surface area contributed by atoms with Gasteiger partial charge in [0.05, 0.1) is 5.54 Å². The highest BCUT2D eigenvalue weighted by Gasteiger charge is 2.33. The largest absolute Gasteiger partial charge is 0.465 e. The maximum Gasteiger partial charge on any atom is 0.407 e. The highest BCUT2D eigenvalue weighted by molar-refractivity contribution is 5.74. The van der Waals surface area contributed by atoms with Gasteiger partial charge in [-0.1, -0.05) is 0 Å². The molecule has 5 heteroatoms. The number of rotatable bonds is 1. The molecule has 0 saturated carbocycles. The molecule has 1 unspecified atom stereocenters. The van der Waals surface area contributed by atoms with E-state index in [4.69, 9.17) is 5.11 Å². The van der Waals surface area contributed by atoms with Crippen LogP contribution in [0.2, 0.25) is 0 Å². The van der Waals surface area contributed by atoms with Gasteiger partial charge in [-0.05, 0) is 19.8 Å². The van der Waals surface area contributed by atoms with Gasteiger partial charge < -0.3 is 15.3 Å². The van der Waals surface area contributed by atoms with E-state index < -0.39 is 11.6 Å². The van der Waals surface area contributed by atoms with Gasteiger partial charge in [0.1, 0.15) is 0 Å². The lowest BCUT2D eigenvalue weighted by Crippen LogP contribution is -2.57. The van der Waals surface area contributed by atoms with Gasteiger partial charge in [-0.15, -0.1) is 0 Å². The number of hydrogen-bond acceptors (Lipinski definition) is 2. The summed E-state index contributed by atoms with van der Waals surface area (Å²) >= 11 is 0. The zero-order valence-corrected chi connectivity index (χ0v) is 8.54. The summed E-state index contributed by atoms with van der Waals surface area (Å²) < 4.78 is 0. The zero-order valence-electron chi connectivity index (χ0n) is 8.54. The van der Waals surface area contributed by atoms with Gasteiger partial charge in [0.15, 0.2) is 0 Å². The number of carbonyl (C=O) groups is 2. The smallest absolute Gasteiger partial charge is 0.407 e. The van der Waals surface area contributed by atoms with Crippen molar-refractivity contribution in [3.05, 3.63) is 0 Å². The monoisotopic (exact) mass is 200 g/mol. The topological polar surface area (TPSA) is 69.6 Å². The fourth-order valence-electron chi connectivity index (χ4n) is 1.93. The molecule has 0 aromatic carbocycles. The first kappa shape index (κ1) is 10.8. The van der Waals surface area contributed by atoms with E-state index in [1.807, 2.05) is 6.92 Å². The van der Waals surface area contributed by atoms with Crippen LogP contribution in [0.25, 0.3) is 0 Å². The van der Waals surface area contributed by atoms with E-state index in [1.54, 1.807) is 0 Å². The molecule has 0 aromatic heterocycles. The van der Waals surface area contributed by atoms with Crippen molar-refractivity contribution in [3.63, 3.8) is 0 Å². The lowest BCUT2D eigenvalue weighted by atomic mass is 9.91. The van der Waals surface area contributed by atoms with E-state index in [1.165, 1.54) is 11.8 Å². The summed E-state index contributed by atoms with van der Waals surface area (Å²) in [6, 6.07) is 0. The van der Waals surface area contributed by atoms with Crippen molar-refractivity contribution in [2.45, 2.75) is 32.2 Å². The van der Waals surface area contributed by atoms with Gasteiger partial charge in [0.2, 0.25) is 5.91 Å². The van der Waals surface area contributed by atoms with E-state index in [2.05, 4.69) is 5.32 Å². The van der Waals surface area contributed by atoms with Crippen molar-refractivity contribution in [1.82, 2.24) is 10.2 Å². The van der Waals surface area contributed by atoms with Gasteiger partial charge in [0, 0.05) is 20.0 Å². The first-order valence-corrected chi connectivity index (χ1v) is 4.70. The van der Waals surface area contributed by atoms with E-state index >= 15 is 0 Å². The molecule has 1 atom stereocenters. The molecule has 1 heterocycles. The van der Waals surface area contributed by atoms with Crippen LogP contribution in [0.15, 0.2) is 0 Å². The average molecular weight is 200 g/mol. The minimum atomic E-state index is -0.915. The maximum absolute atomic E-state index is 10.9. The van der Waals surface area contributed by atoms with Crippen LogP contribution in [0.3, 0.4) is 0 Å². The Labute approximate surface area is 83.1 Å². The maximum atomic E-state index is 10.9. The number of carbonyl (C=O) groups excluding carboxylic acids is 1. The van der Waals surface area contributed by atoms with Crippen molar-refractivity contribution in [2.24, 2.45) is 0 Å². The highest BCUT2D eigenvalue weighted by Crippen LogP contribution is 2.20. The second kappa shape index (κ2) is 3.86. The standard InChI is InChI=1S/C9H16N2O3/c1-7(12)10-9(2)4-3-5-11(6-9)8(13)14/h3-6H2,1-2H3,(H,10,12)(H,13,14). The second-order valence-corrected chi connectivity index (χ2v) is 4.05. The normalized spacial score (nSPS) is 27.1. The molecule has 1 saturated heterocycles. The molecule has 0 bridgehead atoms. The minimum absolute atomic E-state index is 0.111. The predicted octanol–water partition coefficient (Wildman–Crippen LogP) is 0.655. The van der Waals surface area contributed by atoms with Crippen molar-refractivity contribution < 1.29 is 14.7 Å². The molecule has 0 aliphatic carbocycles.